The van der Waals surface area contributed by atoms with Gasteiger partial charge in [-0.3, -0.25) is 4.79 Å². The molecule has 2 N–H and O–H groups in total. The van der Waals surface area contributed by atoms with E-state index in [0.29, 0.717) is 18.7 Å². The van der Waals surface area contributed by atoms with Gasteiger partial charge in [0.2, 0.25) is 5.91 Å². The van der Waals surface area contributed by atoms with Gasteiger partial charge >= 0.3 is 0 Å². The molecule has 1 aliphatic heterocycles. The summed E-state index contributed by atoms with van der Waals surface area (Å²) < 4.78 is 18.6. The third-order valence-corrected chi connectivity index (χ3v) is 3.89. The Balaban J connectivity index is 1.54. The van der Waals surface area contributed by atoms with Gasteiger partial charge in [0.15, 0.2) is 0 Å². The number of hydrogen-bond acceptors (Lipinski definition) is 4. The average molecular weight is 319 g/mol. The quantitative estimate of drug-likeness (QED) is 0.866. The first-order valence-electron chi connectivity index (χ1n) is 7.40. The van der Waals surface area contributed by atoms with Crippen LogP contribution >= 0.6 is 0 Å². The smallest absolute Gasteiger partial charge is 0.228 e. The molecule has 0 spiro atoms. The van der Waals surface area contributed by atoms with Crippen LogP contribution in [0.3, 0.4) is 0 Å². The van der Waals surface area contributed by atoms with Crippen LogP contribution in [0.5, 0.6) is 5.75 Å². The molecule has 6 nitrogen and oxygen atoms in total. The van der Waals surface area contributed by atoms with Gasteiger partial charge in [-0.05, 0) is 18.6 Å². The second kappa shape index (κ2) is 6.37. The number of nitrogens with one attached hydrogen (secondary N) is 1. The Morgan fingerprint density at radius 1 is 1.52 bits per heavy atom. The molecule has 0 aliphatic carbocycles. The van der Waals surface area contributed by atoms with Crippen molar-refractivity contribution >= 4 is 5.91 Å². The lowest BCUT2D eigenvalue weighted by atomic mass is 10.1. The molecule has 0 radical (unpaired) electrons. The normalized spacial score (nSPS) is 20.7. The number of β-amino-alcohol motifs (C(OH)–C–C–N with tert-alkyl or cyclic N) is 1. The van der Waals surface area contributed by atoms with E-state index in [1.54, 1.807) is 23.2 Å². The molecular formula is C16H18FN3O3. The van der Waals surface area contributed by atoms with Crippen molar-refractivity contribution in [3.05, 3.63) is 48.3 Å². The van der Waals surface area contributed by atoms with Crippen LogP contribution in [0.4, 0.5) is 4.39 Å². The van der Waals surface area contributed by atoms with Crippen LogP contribution in [-0.4, -0.2) is 51.2 Å². The molecule has 2 aromatic rings. The van der Waals surface area contributed by atoms with E-state index < -0.39 is 11.4 Å². The van der Waals surface area contributed by atoms with Crippen molar-refractivity contribution in [1.29, 1.82) is 0 Å². The third-order valence-electron chi connectivity index (χ3n) is 3.89. The number of rotatable bonds is 5. The first-order valence-corrected chi connectivity index (χ1v) is 7.40. The third kappa shape index (κ3) is 3.87. The SMILES string of the molecule is O=C(Cc1cnc[nH]1)N1CCC(O)(COc2cccc(F)c2)C1. The van der Waals surface area contributed by atoms with Gasteiger partial charge in [-0.1, -0.05) is 6.07 Å². The molecule has 7 heteroatoms. The summed E-state index contributed by atoms with van der Waals surface area (Å²) in [5, 5.41) is 10.5. The van der Waals surface area contributed by atoms with Gasteiger partial charge in [-0.15, -0.1) is 0 Å². The van der Waals surface area contributed by atoms with E-state index in [4.69, 9.17) is 4.74 Å². The molecule has 1 aliphatic rings. The molecule has 1 aromatic carbocycles. The van der Waals surface area contributed by atoms with Crippen molar-refractivity contribution in [1.82, 2.24) is 14.9 Å². The molecule has 0 saturated carbocycles. The Labute approximate surface area is 132 Å². The van der Waals surface area contributed by atoms with Crippen LogP contribution in [0.25, 0.3) is 0 Å². The van der Waals surface area contributed by atoms with Crippen LogP contribution in [-0.2, 0) is 11.2 Å². The Morgan fingerprint density at radius 2 is 2.39 bits per heavy atom. The fraction of sp³-hybridized carbons (Fsp3) is 0.375. The zero-order valence-electron chi connectivity index (χ0n) is 12.5. The van der Waals surface area contributed by atoms with E-state index in [0.717, 1.165) is 5.69 Å². The number of aromatic amines is 1. The Morgan fingerprint density at radius 3 is 3.13 bits per heavy atom. The summed E-state index contributed by atoms with van der Waals surface area (Å²) in [4.78, 5) is 20.6. The Bertz CT molecular complexity index is 677. The molecule has 3 rings (SSSR count). The standard InChI is InChI=1S/C16H18FN3O3/c17-12-2-1-3-14(6-12)23-10-16(22)4-5-20(9-16)15(21)7-13-8-18-11-19-13/h1-3,6,8,11,22H,4-5,7,9-10H2,(H,18,19). The number of aromatic nitrogens is 2. The lowest BCUT2D eigenvalue weighted by Crippen LogP contribution is -2.41. The maximum atomic E-state index is 13.1. The minimum absolute atomic E-state index is 0.0181. The number of halogens is 1. The van der Waals surface area contributed by atoms with Crippen molar-refractivity contribution in [2.24, 2.45) is 0 Å². The fourth-order valence-electron chi connectivity index (χ4n) is 2.62. The monoisotopic (exact) mass is 319 g/mol. The molecule has 122 valence electrons. The van der Waals surface area contributed by atoms with E-state index in [-0.39, 0.29) is 25.5 Å². The zero-order valence-corrected chi connectivity index (χ0v) is 12.5. The molecule has 1 fully saturated rings. The van der Waals surface area contributed by atoms with Gasteiger partial charge in [-0.25, -0.2) is 9.37 Å². The number of carbonyl (C=O) groups is 1. The predicted octanol–water partition coefficient (Wildman–Crippen LogP) is 1.13. The molecule has 1 amide bonds. The molecule has 1 aromatic heterocycles. The van der Waals surface area contributed by atoms with Crippen LogP contribution in [0.15, 0.2) is 36.8 Å². The second-order valence-electron chi connectivity index (χ2n) is 5.79. The number of H-pyrrole nitrogens is 1. The lowest BCUT2D eigenvalue weighted by molar-refractivity contribution is -0.130. The summed E-state index contributed by atoms with van der Waals surface area (Å²) in [6.45, 7) is 0.690. The number of imidazole rings is 1. The predicted molar refractivity (Wildman–Crippen MR) is 80.3 cm³/mol. The number of likely N-dealkylation sites (tertiary alicyclic amines) is 1. The largest absolute Gasteiger partial charge is 0.490 e. The summed E-state index contributed by atoms with van der Waals surface area (Å²) in [5.41, 5.74) is -0.378. The summed E-state index contributed by atoms with van der Waals surface area (Å²) in [5.74, 6) is -0.103. The summed E-state index contributed by atoms with van der Waals surface area (Å²) in [6.07, 6.45) is 3.78. The minimum atomic E-state index is -1.12. The molecule has 23 heavy (non-hydrogen) atoms. The van der Waals surface area contributed by atoms with E-state index >= 15 is 0 Å². The number of aliphatic hydroxyl groups is 1. The number of ether oxygens (including phenoxy) is 1. The van der Waals surface area contributed by atoms with Crippen molar-refractivity contribution in [2.45, 2.75) is 18.4 Å². The van der Waals surface area contributed by atoms with Gasteiger partial charge in [0.05, 0.1) is 19.3 Å². The molecule has 1 saturated heterocycles. The van der Waals surface area contributed by atoms with E-state index in [2.05, 4.69) is 9.97 Å². The highest BCUT2D eigenvalue weighted by Crippen LogP contribution is 2.24. The number of amides is 1. The van der Waals surface area contributed by atoms with Crippen molar-refractivity contribution in [3.8, 4) is 5.75 Å². The first kappa shape index (κ1) is 15.5. The van der Waals surface area contributed by atoms with Crippen molar-refractivity contribution in [3.63, 3.8) is 0 Å². The van der Waals surface area contributed by atoms with Crippen LogP contribution in [0.1, 0.15) is 12.1 Å². The first-order chi connectivity index (χ1) is 11.0. The summed E-state index contributed by atoms with van der Waals surface area (Å²) >= 11 is 0. The molecule has 2 heterocycles. The van der Waals surface area contributed by atoms with Gasteiger partial charge in [0.1, 0.15) is 23.8 Å². The topological polar surface area (TPSA) is 78.5 Å². The molecule has 0 bridgehead atoms. The highest BCUT2D eigenvalue weighted by atomic mass is 19.1. The zero-order chi connectivity index (χ0) is 16.3. The summed E-state index contributed by atoms with van der Waals surface area (Å²) in [7, 11) is 0. The summed E-state index contributed by atoms with van der Waals surface area (Å²) in [6, 6.07) is 5.76. The lowest BCUT2D eigenvalue weighted by Gasteiger charge is -2.23. The van der Waals surface area contributed by atoms with E-state index in [9.17, 15) is 14.3 Å². The molecule has 1 unspecified atom stereocenters. The Kier molecular flexibility index (Phi) is 4.29. The minimum Gasteiger partial charge on any atom is -0.490 e. The van der Waals surface area contributed by atoms with Crippen LogP contribution in [0.2, 0.25) is 0 Å². The van der Waals surface area contributed by atoms with E-state index in [1.165, 1.54) is 18.5 Å². The number of hydrogen-bond donors (Lipinski definition) is 2. The number of benzene rings is 1. The van der Waals surface area contributed by atoms with Gasteiger partial charge < -0.3 is 19.7 Å². The van der Waals surface area contributed by atoms with Gasteiger partial charge in [0, 0.05) is 24.5 Å². The van der Waals surface area contributed by atoms with Crippen molar-refractivity contribution < 1.29 is 19.0 Å². The number of nitrogens with zero attached hydrogens (tertiary/aromatic N) is 2. The average Bonchev–Trinajstić information content (AvgIpc) is 3.16. The van der Waals surface area contributed by atoms with Gasteiger partial charge in [-0.2, -0.15) is 0 Å². The van der Waals surface area contributed by atoms with Crippen LogP contribution in [0, 0.1) is 5.82 Å². The number of carbonyl (C=O) groups excluding carboxylic acids is 1. The highest BCUT2D eigenvalue weighted by molar-refractivity contribution is 5.78. The van der Waals surface area contributed by atoms with Crippen LogP contribution < -0.4 is 4.74 Å². The van der Waals surface area contributed by atoms with Crippen molar-refractivity contribution in [2.75, 3.05) is 19.7 Å². The fourth-order valence-corrected chi connectivity index (χ4v) is 2.62. The molecular weight excluding hydrogens is 301 g/mol. The maximum Gasteiger partial charge on any atom is 0.228 e. The van der Waals surface area contributed by atoms with E-state index in [1.807, 2.05) is 0 Å². The maximum absolute atomic E-state index is 13.1. The highest BCUT2D eigenvalue weighted by Gasteiger charge is 2.39. The van der Waals surface area contributed by atoms with Gasteiger partial charge in [0.25, 0.3) is 0 Å². The Hall–Kier alpha value is -2.41. The second-order valence-corrected chi connectivity index (χ2v) is 5.79. The molecule has 1 atom stereocenters.